The number of aliphatic imine (C=N–C) groups is 1. The first-order chi connectivity index (χ1) is 14.3. The lowest BCUT2D eigenvalue weighted by molar-refractivity contribution is 0.0527. The van der Waals surface area contributed by atoms with Crippen LogP contribution in [0.2, 0.25) is 0 Å². The molecule has 1 atom stereocenters. The number of hydrogen-bond donors (Lipinski definition) is 3. The molecule has 0 spiro atoms. The predicted molar refractivity (Wildman–Crippen MR) is 137 cm³/mol. The zero-order valence-corrected chi connectivity index (χ0v) is 21.7. The minimum atomic E-state index is -0.476. The van der Waals surface area contributed by atoms with E-state index in [2.05, 4.69) is 31.9 Å². The minimum Gasteiger partial charge on any atom is -0.495 e. The Morgan fingerprint density at radius 2 is 1.90 bits per heavy atom. The molecule has 0 bridgehead atoms. The van der Waals surface area contributed by atoms with E-state index in [0.717, 1.165) is 49.9 Å². The fourth-order valence-corrected chi connectivity index (χ4v) is 3.37. The van der Waals surface area contributed by atoms with Gasteiger partial charge >= 0.3 is 6.09 Å². The molecule has 1 aromatic rings. The summed E-state index contributed by atoms with van der Waals surface area (Å²) in [6, 6.07) is 8.16. The number of carbonyl (C=O) groups excluding carboxylic acids is 1. The van der Waals surface area contributed by atoms with Crippen LogP contribution in [0, 0.1) is 5.92 Å². The number of nitrogens with zero attached hydrogens (tertiary/aromatic N) is 2. The van der Waals surface area contributed by atoms with E-state index in [-0.39, 0.29) is 30.1 Å². The summed E-state index contributed by atoms with van der Waals surface area (Å²) in [5.74, 6) is 2.24. The van der Waals surface area contributed by atoms with Gasteiger partial charge in [0.05, 0.1) is 12.8 Å². The minimum absolute atomic E-state index is 0. The van der Waals surface area contributed by atoms with Gasteiger partial charge in [0, 0.05) is 39.8 Å². The molecule has 2 rings (SSSR count). The number of nitrogens with one attached hydrogen (secondary N) is 3. The molecule has 8 nitrogen and oxygen atoms in total. The zero-order chi connectivity index (χ0) is 22.0. The lowest BCUT2D eigenvalue weighted by Gasteiger charge is -2.21. The van der Waals surface area contributed by atoms with E-state index in [1.165, 1.54) is 0 Å². The second-order valence-electron chi connectivity index (χ2n) is 8.43. The maximum atomic E-state index is 11.6. The highest BCUT2D eigenvalue weighted by Crippen LogP contribution is 2.31. The molecule has 1 aromatic carbocycles. The van der Waals surface area contributed by atoms with Crippen LogP contribution in [0.15, 0.2) is 29.3 Å². The van der Waals surface area contributed by atoms with Crippen molar-refractivity contribution >= 4 is 41.7 Å². The van der Waals surface area contributed by atoms with Crippen molar-refractivity contribution in [1.29, 1.82) is 0 Å². The fraction of sp³-hybridized carbons (Fsp3) is 0.636. The Kier molecular flexibility index (Phi) is 11.8. The highest BCUT2D eigenvalue weighted by atomic mass is 127. The summed E-state index contributed by atoms with van der Waals surface area (Å²) in [5.41, 5.74) is 0.679. The zero-order valence-electron chi connectivity index (χ0n) is 19.4. The van der Waals surface area contributed by atoms with E-state index in [4.69, 9.17) is 9.47 Å². The molecule has 1 aliphatic heterocycles. The Morgan fingerprint density at radius 1 is 1.19 bits per heavy atom. The quantitative estimate of drug-likeness (QED) is 0.201. The van der Waals surface area contributed by atoms with Crippen molar-refractivity contribution in [3.8, 4) is 5.75 Å². The second kappa shape index (κ2) is 13.5. The van der Waals surface area contributed by atoms with Gasteiger partial charge in [-0.3, -0.25) is 4.99 Å². The number of rotatable bonds is 8. The van der Waals surface area contributed by atoms with Gasteiger partial charge in [-0.05, 0) is 51.7 Å². The summed E-state index contributed by atoms with van der Waals surface area (Å²) in [6.07, 6.45) is 1.53. The topological polar surface area (TPSA) is 87.2 Å². The van der Waals surface area contributed by atoms with Crippen molar-refractivity contribution in [2.75, 3.05) is 51.8 Å². The standard InChI is InChI=1S/C22H37N5O3.HI/c1-22(2,3)30-21(28)25-13-8-12-24-20(23-4)26-15-17-11-14-27(16-17)18-9-6-7-10-19(18)29-5;/h6-7,9-10,17H,8,11-16H2,1-5H3,(H,25,28)(H2,23,24,26);1H. The largest absolute Gasteiger partial charge is 0.495 e. The Balaban J connectivity index is 0.00000480. The number of guanidine groups is 1. The molecule has 9 heteroatoms. The highest BCUT2D eigenvalue weighted by molar-refractivity contribution is 14.0. The number of methoxy groups -OCH3 is 1. The lowest BCUT2D eigenvalue weighted by atomic mass is 10.1. The van der Waals surface area contributed by atoms with Crippen molar-refractivity contribution in [3.63, 3.8) is 0 Å². The Hall–Kier alpha value is -1.91. The van der Waals surface area contributed by atoms with Crippen molar-refractivity contribution in [1.82, 2.24) is 16.0 Å². The first-order valence-electron chi connectivity index (χ1n) is 10.6. The van der Waals surface area contributed by atoms with E-state index in [0.29, 0.717) is 19.0 Å². The van der Waals surface area contributed by atoms with Crippen LogP contribution in [0.3, 0.4) is 0 Å². The van der Waals surface area contributed by atoms with Gasteiger partial charge in [-0.1, -0.05) is 12.1 Å². The molecular weight excluding hydrogens is 509 g/mol. The Bertz CT molecular complexity index is 709. The fourth-order valence-electron chi connectivity index (χ4n) is 3.37. The van der Waals surface area contributed by atoms with Crippen LogP contribution in [0.5, 0.6) is 5.75 Å². The third-order valence-corrected chi connectivity index (χ3v) is 4.81. The van der Waals surface area contributed by atoms with Gasteiger partial charge in [-0.15, -0.1) is 24.0 Å². The van der Waals surface area contributed by atoms with E-state index in [9.17, 15) is 4.79 Å². The number of alkyl carbamates (subject to hydrolysis) is 1. The number of hydrogen-bond acceptors (Lipinski definition) is 5. The molecule has 176 valence electrons. The predicted octanol–water partition coefficient (Wildman–Crippen LogP) is 3.22. The van der Waals surface area contributed by atoms with E-state index in [1.807, 2.05) is 39.0 Å². The van der Waals surface area contributed by atoms with Crippen LogP contribution in [-0.2, 0) is 4.74 Å². The van der Waals surface area contributed by atoms with Crippen LogP contribution in [0.25, 0.3) is 0 Å². The van der Waals surface area contributed by atoms with Gasteiger partial charge in [0.1, 0.15) is 11.4 Å². The third kappa shape index (κ3) is 9.84. The second-order valence-corrected chi connectivity index (χ2v) is 8.43. The molecule has 1 amide bonds. The van der Waals surface area contributed by atoms with Gasteiger partial charge in [-0.2, -0.15) is 0 Å². The molecule has 0 saturated carbocycles. The molecule has 31 heavy (non-hydrogen) atoms. The summed E-state index contributed by atoms with van der Waals surface area (Å²) in [6.45, 7) is 9.70. The molecule has 3 N–H and O–H groups in total. The van der Waals surface area contributed by atoms with Gasteiger partial charge < -0.3 is 30.3 Å². The summed E-state index contributed by atoms with van der Waals surface area (Å²) < 4.78 is 10.7. The first-order valence-corrected chi connectivity index (χ1v) is 10.6. The van der Waals surface area contributed by atoms with E-state index < -0.39 is 5.60 Å². The molecule has 1 heterocycles. The van der Waals surface area contributed by atoms with E-state index >= 15 is 0 Å². The lowest BCUT2D eigenvalue weighted by Crippen LogP contribution is -2.41. The van der Waals surface area contributed by atoms with Crippen LogP contribution < -0.4 is 25.6 Å². The number of carbonyl (C=O) groups is 1. The Morgan fingerprint density at radius 3 is 2.58 bits per heavy atom. The molecule has 0 radical (unpaired) electrons. The molecular formula is C22H38IN5O3. The number of amides is 1. The number of anilines is 1. The Labute approximate surface area is 203 Å². The summed E-state index contributed by atoms with van der Waals surface area (Å²) in [4.78, 5) is 18.3. The number of halogens is 1. The first kappa shape index (κ1) is 27.1. The SMILES string of the molecule is CN=C(NCCCNC(=O)OC(C)(C)C)NCC1CCN(c2ccccc2OC)C1.I. The van der Waals surface area contributed by atoms with Gasteiger partial charge in [0.2, 0.25) is 0 Å². The molecule has 1 saturated heterocycles. The van der Waals surface area contributed by atoms with Crippen LogP contribution >= 0.6 is 24.0 Å². The average molecular weight is 547 g/mol. The molecule has 1 aliphatic rings. The van der Waals surface area contributed by atoms with Crippen molar-refractivity contribution < 1.29 is 14.3 Å². The number of para-hydroxylation sites is 2. The van der Waals surface area contributed by atoms with Gasteiger partial charge in [0.15, 0.2) is 5.96 Å². The summed E-state index contributed by atoms with van der Waals surface area (Å²) in [5, 5.41) is 9.46. The number of benzene rings is 1. The normalized spacial score (nSPS) is 16.4. The van der Waals surface area contributed by atoms with Crippen LogP contribution in [-0.4, -0.2) is 64.5 Å². The van der Waals surface area contributed by atoms with Crippen LogP contribution in [0.1, 0.15) is 33.6 Å². The number of ether oxygens (including phenoxy) is 2. The smallest absolute Gasteiger partial charge is 0.407 e. The average Bonchev–Trinajstić information content (AvgIpc) is 3.17. The summed E-state index contributed by atoms with van der Waals surface area (Å²) >= 11 is 0. The van der Waals surface area contributed by atoms with Crippen molar-refractivity contribution in [2.45, 2.75) is 39.2 Å². The van der Waals surface area contributed by atoms with Gasteiger partial charge in [0.25, 0.3) is 0 Å². The third-order valence-electron chi connectivity index (χ3n) is 4.81. The van der Waals surface area contributed by atoms with Crippen LogP contribution in [0.4, 0.5) is 10.5 Å². The maximum absolute atomic E-state index is 11.6. The van der Waals surface area contributed by atoms with Crippen molar-refractivity contribution in [3.05, 3.63) is 24.3 Å². The summed E-state index contributed by atoms with van der Waals surface area (Å²) in [7, 11) is 3.48. The molecule has 1 unspecified atom stereocenters. The monoisotopic (exact) mass is 547 g/mol. The van der Waals surface area contributed by atoms with Gasteiger partial charge in [-0.25, -0.2) is 4.79 Å². The molecule has 0 aromatic heterocycles. The van der Waals surface area contributed by atoms with Crippen molar-refractivity contribution in [2.24, 2.45) is 10.9 Å². The molecule has 1 fully saturated rings. The maximum Gasteiger partial charge on any atom is 0.407 e. The van der Waals surface area contributed by atoms with E-state index in [1.54, 1.807) is 14.2 Å². The highest BCUT2D eigenvalue weighted by Gasteiger charge is 2.24. The molecule has 0 aliphatic carbocycles.